The van der Waals surface area contributed by atoms with Crippen LogP contribution < -0.4 is 5.32 Å². The second kappa shape index (κ2) is 5.44. The van der Waals surface area contributed by atoms with E-state index < -0.39 is 6.43 Å². The van der Waals surface area contributed by atoms with Gasteiger partial charge in [0.25, 0.3) is 6.43 Å². The number of hydrogen-bond acceptors (Lipinski definition) is 1. The molecular formula is C11H19F2N. The molecule has 1 nitrogen and oxygen atoms in total. The van der Waals surface area contributed by atoms with E-state index in [1.165, 1.54) is 5.57 Å². The molecule has 82 valence electrons. The van der Waals surface area contributed by atoms with Crippen LogP contribution in [0.4, 0.5) is 8.78 Å². The lowest BCUT2D eigenvalue weighted by molar-refractivity contribution is 0.143. The van der Waals surface area contributed by atoms with Gasteiger partial charge in [-0.1, -0.05) is 18.6 Å². The Morgan fingerprint density at radius 1 is 1.57 bits per heavy atom. The molecule has 1 rings (SSSR count). The van der Waals surface area contributed by atoms with Gasteiger partial charge in [-0.3, -0.25) is 0 Å². The number of halogens is 2. The molecule has 2 atom stereocenters. The Morgan fingerprint density at radius 2 is 2.29 bits per heavy atom. The van der Waals surface area contributed by atoms with Crippen LogP contribution in [0, 0.1) is 11.8 Å². The highest BCUT2D eigenvalue weighted by atomic mass is 19.3. The van der Waals surface area contributed by atoms with Crippen LogP contribution in [0.25, 0.3) is 0 Å². The van der Waals surface area contributed by atoms with Crippen LogP contribution >= 0.6 is 0 Å². The molecule has 0 aromatic rings. The van der Waals surface area contributed by atoms with Crippen molar-refractivity contribution in [3.8, 4) is 0 Å². The van der Waals surface area contributed by atoms with Gasteiger partial charge in [0.15, 0.2) is 0 Å². The van der Waals surface area contributed by atoms with Crippen molar-refractivity contribution in [2.75, 3.05) is 13.1 Å². The molecule has 14 heavy (non-hydrogen) atoms. The first-order valence-electron chi connectivity index (χ1n) is 5.24. The summed E-state index contributed by atoms with van der Waals surface area (Å²) in [7, 11) is 0. The summed E-state index contributed by atoms with van der Waals surface area (Å²) in [6.07, 6.45) is 2.23. The van der Waals surface area contributed by atoms with Gasteiger partial charge in [-0.25, -0.2) is 8.78 Å². The Morgan fingerprint density at radius 3 is 2.86 bits per heavy atom. The van der Waals surface area contributed by atoms with Gasteiger partial charge in [-0.05, 0) is 38.1 Å². The highest BCUT2D eigenvalue weighted by Crippen LogP contribution is 2.27. The fourth-order valence-electron chi connectivity index (χ4n) is 2.24. The topological polar surface area (TPSA) is 12.0 Å². The van der Waals surface area contributed by atoms with E-state index in [4.69, 9.17) is 0 Å². The standard InChI is InChI=1S/C11H19F2N/c1-8-3-9(2)5-10(4-8)6-14-7-11(12)13/h3,8,10-11,14H,4-7H2,1-2H3. The molecule has 2 unspecified atom stereocenters. The fourth-order valence-corrected chi connectivity index (χ4v) is 2.24. The van der Waals surface area contributed by atoms with E-state index in [1.807, 2.05) is 0 Å². The SMILES string of the molecule is CC1=CC(C)CC(CNCC(F)F)C1. The van der Waals surface area contributed by atoms with Crippen LogP contribution in [0.5, 0.6) is 0 Å². The first-order chi connectivity index (χ1) is 6.58. The van der Waals surface area contributed by atoms with Gasteiger partial charge in [0.1, 0.15) is 0 Å². The van der Waals surface area contributed by atoms with Crippen LogP contribution in [-0.2, 0) is 0 Å². The number of alkyl halides is 2. The molecule has 0 spiro atoms. The molecule has 0 fully saturated rings. The first kappa shape index (κ1) is 11.6. The van der Waals surface area contributed by atoms with Crippen LogP contribution in [0.2, 0.25) is 0 Å². The van der Waals surface area contributed by atoms with Gasteiger partial charge < -0.3 is 5.32 Å². The molecule has 1 N–H and O–H groups in total. The smallest absolute Gasteiger partial charge is 0.250 e. The molecular weight excluding hydrogens is 184 g/mol. The van der Waals surface area contributed by atoms with Crippen molar-refractivity contribution < 1.29 is 8.78 Å². The first-order valence-corrected chi connectivity index (χ1v) is 5.24. The van der Waals surface area contributed by atoms with E-state index in [0.29, 0.717) is 11.8 Å². The molecule has 0 heterocycles. The molecule has 1 aliphatic rings. The lowest BCUT2D eigenvalue weighted by Gasteiger charge is -2.25. The quantitative estimate of drug-likeness (QED) is 0.693. The maximum absolute atomic E-state index is 11.9. The lowest BCUT2D eigenvalue weighted by atomic mass is 9.84. The third kappa shape index (κ3) is 4.18. The zero-order valence-electron chi connectivity index (χ0n) is 8.89. The summed E-state index contributed by atoms with van der Waals surface area (Å²) < 4.78 is 23.7. The Bertz CT molecular complexity index is 201. The average molecular weight is 203 g/mol. The molecule has 0 aliphatic heterocycles. The average Bonchev–Trinajstić information content (AvgIpc) is 2.01. The second-order valence-corrected chi connectivity index (χ2v) is 4.35. The molecule has 3 heteroatoms. The van der Waals surface area contributed by atoms with Gasteiger partial charge in [-0.2, -0.15) is 0 Å². The summed E-state index contributed by atoms with van der Waals surface area (Å²) in [4.78, 5) is 0. The van der Waals surface area contributed by atoms with Crippen molar-refractivity contribution >= 4 is 0 Å². The number of rotatable bonds is 4. The van der Waals surface area contributed by atoms with Crippen molar-refractivity contribution in [2.24, 2.45) is 11.8 Å². The second-order valence-electron chi connectivity index (χ2n) is 4.35. The van der Waals surface area contributed by atoms with Crippen molar-refractivity contribution in [3.63, 3.8) is 0 Å². The Balaban J connectivity index is 2.23. The Hall–Kier alpha value is -0.440. The maximum Gasteiger partial charge on any atom is 0.250 e. The maximum atomic E-state index is 11.9. The van der Waals surface area contributed by atoms with Gasteiger partial charge in [0, 0.05) is 0 Å². The zero-order chi connectivity index (χ0) is 10.6. The normalized spacial score (nSPS) is 27.9. The summed E-state index contributed by atoms with van der Waals surface area (Å²) in [5.41, 5.74) is 1.40. The van der Waals surface area contributed by atoms with E-state index in [-0.39, 0.29) is 6.54 Å². The molecule has 0 aromatic heterocycles. The van der Waals surface area contributed by atoms with Crippen molar-refractivity contribution in [1.29, 1.82) is 0 Å². The summed E-state index contributed by atoms with van der Waals surface area (Å²) in [5.74, 6) is 1.14. The van der Waals surface area contributed by atoms with Crippen LogP contribution in [0.3, 0.4) is 0 Å². The molecule has 1 aliphatic carbocycles. The molecule has 0 amide bonds. The molecule has 0 aromatic carbocycles. The lowest BCUT2D eigenvalue weighted by Crippen LogP contribution is -2.29. The predicted molar refractivity (Wildman–Crippen MR) is 54.5 cm³/mol. The predicted octanol–water partition coefficient (Wildman–Crippen LogP) is 2.83. The Kier molecular flexibility index (Phi) is 4.52. The molecule has 0 saturated heterocycles. The fraction of sp³-hybridized carbons (Fsp3) is 0.818. The highest BCUT2D eigenvalue weighted by Gasteiger charge is 2.17. The molecule has 0 bridgehead atoms. The third-order valence-corrected chi connectivity index (χ3v) is 2.62. The summed E-state index contributed by atoms with van der Waals surface area (Å²) in [5, 5.41) is 2.82. The van der Waals surface area contributed by atoms with Crippen LogP contribution in [0.15, 0.2) is 11.6 Å². The largest absolute Gasteiger partial charge is 0.311 e. The summed E-state index contributed by atoms with van der Waals surface area (Å²) in [6.45, 7) is 4.85. The number of hydrogen-bond donors (Lipinski definition) is 1. The van der Waals surface area contributed by atoms with Gasteiger partial charge in [-0.15, -0.1) is 0 Å². The van der Waals surface area contributed by atoms with Crippen molar-refractivity contribution in [2.45, 2.75) is 33.1 Å². The number of nitrogens with one attached hydrogen (secondary N) is 1. The van der Waals surface area contributed by atoms with Crippen molar-refractivity contribution in [3.05, 3.63) is 11.6 Å². The molecule has 0 saturated carbocycles. The third-order valence-electron chi connectivity index (χ3n) is 2.62. The van der Waals surface area contributed by atoms with Crippen LogP contribution in [0.1, 0.15) is 26.7 Å². The van der Waals surface area contributed by atoms with E-state index in [1.54, 1.807) is 0 Å². The minimum absolute atomic E-state index is 0.173. The zero-order valence-corrected chi connectivity index (χ0v) is 8.89. The van der Waals surface area contributed by atoms with E-state index >= 15 is 0 Å². The van der Waals surface area contributed by atoms with Gasteiger partial charge >= 0.3 is 0 Å². The van der Waals surface area contributed by atoms with Gasteiger partial charge in [0.05, 0.1) is 6.54 Å². The summed E-state index contributed by atoms with van der Waals surface area (Å²) >= 11 is 0. The minimum atomic E-state index is -2.23. The van der Waals surface area contributed by atoms with E-state index in [0.717, 1.165) is 19.4 Å². The van der Waals surface area contributed by atoms with Crippen molar-refractivity contribution in [1.82, 2.24) is 5.32 Å². The minimum Gasteiger partial charge on any atom is -0.311 e. The molecule has 0 radical (unpaired) electrons. The number of allylic oxidation sites excluding steroid dienone is 2. The van der Waals surface area contributed by atoms with E-state index in [2.05, 4.69) is 25.2 Å². The van der Waals surface area contributed by atoms with Crippen LogP contribution in [-0.4, -0.2) is 19.5 Å². The highest BCUT2D eigenvalue weighted by molar-refractivity contribution is 5.06. The van der Waals surface area contributed by atoms with E-state index in [9.17, 15) is 8.78 Å². The summed E-state index contributed by atoms with van der Waals surface area (Å²) in [6, 6.07) is 0. The Labute approximate surface area is 84.6 Å². The monoisotopic (exact) mass is 203 g/mol. The van der Waals surface area contributed by atoms with Gasteiger partial charge in [0.2, 0.25) is 0 Å².